The smallest absolute Gasteiger partial charge is 0.273 e. The van der Waals surface area contributed by atoms with Gasteiger partial charge in [-0.15, -0.1) is 0 Å². The number of nitrogens with zero attached hydrogens (tertiary/aromatic N) is 4. The minimum atomic E-state index is -0.217. The van der Waals surface area contributed by atoms with Crippen LogP contribution in [0.2, 0.25) is 0 Å². The predicted molar refractivity (Wildman–Crippen MR) is 126 cm³/mol. The Kier molecular flexibility index (Phi) is 5.45. The van der Waals surface area contributed by atoms with Gasteiger partial charge in [0, 0.05) is 36.7 Å². The molecular formula is C24H23N5O2S. The second-order valence-corrected chi connectivity index (χ2v) is 8.51. The van der Waals surface area contributed by atoms with E-state index in [1.54, 1.807) is 29.6 Å². The Morgan fingerprint density at radius 3 is 2.75 bits per heavy atom. The van der Waals surface area contributed by atoms with Crippen molar-refractivity contribution in [2.45, 2.75) is 18.6 Å². The molecule has 1 N–H and O–H groups in total. The molecule has 1 amide bonds. The fraction of sp³-hybridized carbons (Fsp3) is 0.208. The fourth-order valence-corrected chi connectivity index (χ4v) is 4.69. The molecule has 0 saturated heterocycles. The first-order valence-electron chi connectivity index (χ1n) is 10.5. The summed E-state index contributed by atoms with van der Waals surface area (Å²) in [5, 5.41) is 8.60. The molecule has 1 aliphatic rings. The van der Waals surface area contributed by atoms with E-state index >= 15 is 0 Å². The van der Waals surface area contributed by atoms with Gasteiger partial charge in [0.05, 0.1) is 23.7 Å². The van der Waals surface area contributed by atoms with Crippen molar-refractivity contribution < 1.29 is 9.53 Å². The number of nitrogens with one attached hydrogen (secondary N) is 1. The monoisotopic (exact) mass is 445 g/mol. The number of carbonyl (C=O) groups is 1. The first kappa shape index (κ1) is 20.4. The summed E-state index contributed by atoms with van der Waals surface area (Å²) < 4.78 is 9.26. The van der Waals surface area contributed by atoms with Crippen molar-refractivity contribution in [3.63, 3.8) is 0 Å². The maximum absolute atomic E-state index is 13.1. The van der Waals surface area contributed by atoms with Gasteiger partial charge >= 0.3 is 0 Å². The maximum Gasteiger partial charge on any atom is 0.273 e. The highest BCUT2D eigenvalue weighted by molar-refractivity contribution is 7.99. The van der Waals surface area contributed by atoms with Gasteiger partial charge in [0.2, 0.25) is 0 Å². The van der Waals surface area contributed by atoms with Crippen molar-refractivity contribution in [2.75, 3.05) is 17.7 Å². The van der Waals surface area contributed by atoms with Gasteiger partial charge < -0.3 is 14.6 Å². The molecule has 0 unspecified atom stereocenters. The first-order chi connectivity index (χ1) is 15.6. The van der Waals surface area contributed by atoms with Crippen LogP contribution in [0.15, 0.2) is 66.0 Å². The lowest BCUT2D eigenvalue weighted by Gasteiger charge is -2.09. The Morgan fingerprint density at radius 1 is 1.16 bits per heavy atom. The average molecular weight is 446 g/mol. The molecule has 0 bridgehead atoms. The largest absolute Gasteiger partial charge is 0.494 e. The van der Waals surface area contributed by atoms with E-state index in [0.29, 0.717) is 12.3 Å². The molecule has 0 spiro atoms. The Hall–Kier alpha value is -3.52. The summed E-state index contributed by atoms with van der Waals surface area (Å²) >= 11 is 1.75. The molecule has 1 aliphatic heterocycles. The number of anilines is 1. The van der Waals surface area contributed by atoms with E-state index in [1.807, 2.05) is 55.5 Å². The number of fused-ring (bicyclic) bond motifs is 1. The van der Waals surface area contributed by atoms with Crippen molar-refractivity contribution in [1.82, 2.24) is 19.3 Å². The van der Waals surface area contributed by atoms with Crippen LogP contribution in [0.25, 0.3) is 22.5 Å². The summed E-state index contributed by atoms with van der Waals surface area (Å²) in [6.45, 7) is 3.54. The zero-order chi connectivity index (χ0) is 22.1. The number of amides is 1. The van der Waals surface area contributed by atoms with Gasteiger partial charge in [-0.25, -0.2) is 4.98 Å². The number of aryl methyl sites for hydroxylation is 2. The van der Waals surface area contributed by atoms with E-state index in [-0.39, 0.29) is 5.91 Å². The zero-order valence-electron chi connectivity index (χ0n) is 17.9. The second kappa shape index (κ2) is 8.55. The molecule has 0 aliphatic carbocycles. The number of hydrogen-bond donors (Lipinski definition) is 1. The quantitative estimate of drug-likeness (QED) is 0.465. The second-order valence-electron chi connectivity index (χ2n) is 7.45. The van der Waals surface area contributed by atoms with E-state index in [4.69, 9.17) is 9.72 Å². The lowest BCUT2D eigenvalue weighted by Crippen LogP contribution is -2.16. The number of imidazole rings is 1. The number of thioether (sulfide) groups is 1. The molecule has 32 heavy (non-hydrogen) atoms. The van der Waals surface area contributed by atoms with Crippen molar-refractivity contribution in [2.24, 2.45) is 7.05 Å². The van der Waals surface area contributed by atoms with E-state index < -0.39 is 0 Å². The molecular weight excluding hydrogens is 422 g/mol. The summed E-state index contributed by atoms with van der Waals surface area (Å²) in [5.41, 5.74) is 4.63. The Bertz CT molecular complexity index is 1250. The zero-order valence-corrected chi connectivity index (χ0v) is 18.7. The van der Waals surface area contributed by atoms with Crippen LogP contribution in [0.3, 0.4) is 0 Å². The summed E-state index contributed by atoms with van der Waals surface area (Å²) in [7, 11) is 1.77. The lowest BCUT2D eigenvalue weighted by molar-refractivity contribution is 0.101. The van der Waals surface area contributed by atoms with Crippen LogP contribution in [0.5, 0.6) is 5.75 Å². The molecule has 162 valence electrons. The van der Waals surface area contributed by atoms with Gasteiger partial charge in [-0.3, -0.25) is 9.48 Å². The number of hydrogen-bond acceptors (Lipinski definition) is 5. The third-order valence-corrected chi connectivity index (χ3v) is 6.30. The van der Waals surface area contributed by atoms with Crippen LogP contribution in [-0.4, -0.2) is 37.6 Å². The molecule has 0 fully saturated rings. The minimum absolute atomic E-state index is 0.217. The molecule has 3 heterocycles. The van der Waals surface area contributed by atoms with Crippen LogP contribution in [0.1, 0.15) is 17.4 Å². The van der Waals surface area contributed by atoms with Gasteiger partial charge in [0.25, 0.3) is 5.91 Å². The summed E-state index contributed by atoms with van der Waals surface area (Å²) in [4.78, 5) is 17.9. The third kappa shape index (κ3) is 3.89. The van der Waals surface area contributed by atoms with E-state index in [2.05, 4.69) is 21.2 Å². The van der Waals surface area contributed by atoms with Crippen LogP contribution < -0.4 is 10.1 Å². The highest BCUT2D eigenvalue weighted by atomic mass is 32.2. The maximum atomic E-state index is 13.1. The number of para-hydroxylation sites is 1. The summed E-state index contributed by atoms with van der Waals surface area (Å²) in [5.74, 6) is 1.65. The van der Waals surface area contributed by atoms with Crippen molar-refractivity contribution in [3.8, 4) is 28.3 Å². The third-order valence-electron chi connectivity index (χ3n) is 5.33. The molecule has 7 nitrogen and oxygen atoms in total. The van der Waals surface area contributed by atoms with Gasteiger partial charge in [0.15, 0.2) is 5.16 Å². The Balaban J connectivity index is 1.39. The van der Waals surface area contributed by atoms with Gasteiger partial charge in [0.1, 0.15) is 11.4 Å². The van der Waals surface area contributed by atoms with Crippen LogP contribution in [0.4, 0.5) is 5.69 Å². The molecule has 0 saturated carbocycles. The molecule has 2 aromatic heterocycles. The topological polar surface area (TPSA) is 74.0 Å². The van der Waals surface area contributed by atoms with E-state index in [9.17, 15) is 4.79 Å². The average Bonchev–Trinajstić information content (AvgIpc) is 3.50. The van der Waals surface area contributed by atoms with E-state index in [1.165, 1.54) is 0 Å². The molecule has 4 aromatic rings. The number of ether oxygens (including phenoxy) is 1. The predicted octanol–water partition coefficient (Wildman–Crippen LogP) is 4.71. The van der Waals surface area contributed by atoms with Crippen LogP contribution >= 0.6 is 11.8 Å². The van der Waals surface area contributed by atoms with Crippen molar-refractivity contribution in [1.29, 1.82) is 0 Å². The normalized spacial score (nSPS) is 12.6. The SMILES string of the molecule is CCOc1ccc(-c2cc(C(=O)Nc3ccccc3-c3cn4c(n3)SCC4)n(C)n2)cc1. The standard InChI is InChI=1S/C24H23N5O2S/c1-3-31-17-10-8-16(9-11-17)20-14-22(28(2)27-20)23(30)25-19-7-5-4-6-18(19)21-15-29-12-13-32-24(29)26-21/h4-11,14-15H,3,12-13H2,1-2H3,(H,25,30). The number of rotatable bonds is 6. The summed E-state index contributed by atoms with van der Waals surface area (Å²) in [6.07, 6.45) is 2.05. The number of benzene rings is 2. The molecule has 0 radical (unpaired) electrons. The van der Waals surface area contributed by atoms with Crippen LogP contribution in [0, 0.1) is 0 Å². The van der Waals surface area contributed by atoms with E-state index in [0.717, 1.165) is 51.4 Å². The Morgan fingerprint density at radius 2 is 1.97 bits per heavy atom. The highest BCUT2D eigenvalue weighted by Crippen LogP contribution is 2.33. The highest BCUT2D eigenvalue weighted by Gasteiger charge is 2.19. The number of carbonyl (C=O) groups excluding carboxylic acids is 1. The Labute approximate surface area is 190 Å². The van der Waals surface area contributed by atoms with Crippen LogP contribution in [-0.2, 0) is 13.6 Å². The van der Waals surface area contributed by atoms with Crippen molar-refractivity contribution in [3.05, 3.63) is 66.5 Å². The molecule has 8 heteroatoms. The minimum Gasteiger partial charge on any atom is -0.494 e. The summed E-state index contributed by atoms with van der Waals surface area (Å²) in [6, 6.07) is 17.2. The van der Waals surface area contributed by atoms with Gasteiger partial charge in [-0.05, 0) is 43.3 Å². The van der Waals surface area contributed by atoms with Crippen molar-refractivity contribution >= 4 is 23.4 Å². The first-order valence-corrected chi connectivity index (χ1v) is 11.5. The molecule has 2 aromatic carbocycles. The van der Waals surface area contributed by atoms with Gasteiger partial charge in [-0.1, -0.05) is 30.0 Å². The fourth-order valence-electron chi connectivity index (χ4n) is 3.75. The molecule has 0 atom stereocenters. The number of aromatic nitrogens is 4. The lowest BCUT2D eigenvalue weighted by atomic mass is 10.1. The molecule has 5 rings (SSSR count). The van der Waals surface area contributed by atoms with Gasteiger partial charge in [-0.2, -0.15) is 5.10 Å².